The summed E-state index contributed by atoms with van der Waals surface area (Å²) >= 11 is 0. The molecule has 9 heteroatoms. The van der Waals surface area contributed by atoms with Crippen molar-refractivity contribution in [3.05, 3.63) is 77.9 Å². The highest BCUT2D eigenvalue weighted by Gasteiger charge is 2.35. The zero-order valence-electron chi connectivity index (χ0n) is 17.8. The van der Waals surface area contributed by atoms with E-state index in [1.165, 1.54) is 6.92 Å². The summed E-state index contributed by atoms with van der Waals surface area (Å²) in [5.74, 6) is -2.37. The Morgan fingerprint density at radius 1 is 1.06 bits per heavy atom. The van der Waals surface area contributed by atoms with Gasteiger partial charge in [0.25, 0.3) is 0 Å². The second kappa shape index (κ2) is 9.17. The number of halogens is 2. The van der Waals surface area contributed by atoms with Crippen LogP contribution < -0.4 is 0 Å². The average molecular weight is 435 g/mol. The number of hydrogen-bond donors (Lipinski definition) is 1. The van der Waals surface area contributed by atoms with Gasteiger partial charge in [0.15, 0.2) is 5.82 Å². The minimum absolute atomic E-state index is 0.338. The summed E-state index contributed by atoms with van der Waals surface area (Å²) in [5.41, 5.74) is 3.82. The van der Waals surface area contributed by atoms with Crippen LogP contribution in [0, 0.1) is 0 Å². The third-order valence-corrected chi connectivity index (χ3v) is 5.19. The van der Waals surface area contributed by atoms with Crippen molar-refractivity contribution in [1.29, 1.82) is 0 Å². The van der Waals surface area contributed by atoms with E-state index in [0.717, 1.165) is 22.3 Å². The van der Waals surface area contributed by atoms with Crippen LogP contribution in [-0.4, -0.2) is 35.4 Å². The Hall–Kier alpha value is -3.75. The number of aromatic amines is 1. The normalized spacial score (nSPS) is 12.0. The minimum atomic E-state index is -3.04. The molecular weight excluding hydrogens is 412 g/mol. The zero-order chi connectivity index (χ0) is 22.6. The van der Waals surface area contributed by atoms with Gasteiger partial charge in [0.05, 0.1) is 6.54 Å². The minimum Gasteiger partial charge on any atom is -0.245 e. The van der Waals surface area contributed by atoms with E-state index >= 15 is 0 Å². The number of benzene rings is 2. The zero-order valence-corrected chi connectivity index (χ0v) is 17.8. The van der Waals surface area contributed by atoms with Crippen LogP contribution >= 0.6 is 0 Å². The van der Waals surface area contributed by atoms with Crippen LogP contribution in [-0.2, 0) is 18.9 Å². The van der Waals surface area contributed by atoms with Crippen molar-refractivity contribution in [2.75, 3.05) is 0 Å². The quantitative estimate of drug-likeness (QED) is 0.402. The van der Waals surface area contributed by atoms with Crippen LogP contribution in [0.3, 0.4) is 0 Å². The highest BCUT2D eigenvalue weighted by molar-refractivity contribution is 5.80. The number of H-pyrrole nitrogens is 1. The van der Waals surface area contributed by atoms with Gasteiger partial charge in [-0.25, -0.2) is 14.8 Å². The monoisotopic (exact) mass is 435 g/mol. The molecule has 0 bridgehead atoms. The lowest BCUT2D eigenvalue weighted by atomic mass is 9.98. The number of nitrogens with one attached hydrogen (secondary N) is 1. The van der Waals surface area contributed by atoms with Crippen LogP contribution in [0.4, 0.5) is 8.78 Å². The standard InChI is InChI=1S/C23H23F2N7/c1-3-5-14-32-20(26-22(29-32)23(24,25)4-2)15-16-10-12-17(13-11-16)18-8-6-7-9-19(18)21-27-30-31-28-21/h3,5-13H,4,14-15H2,1-2H3,(H,27,28,30,31). The predicted octanol–water partition coefficient (Wildman–Crippen LogP) is 4.79. The first-order valence-corrected chi connectivity index (χ1v) is 10.4. The Labute approximate surface area is 184 Å². The van der Waals surface area contributed by atoms with E-state index in [9.17, 15) is 8.78 Å². The first kappa shape index (κ1) is 21.5. The molecule has 0 spiro atoms. The summed E-state index contributed by atoms with van der Waals surface area (Å²) in [6.45, 7) is 3.70. The number of alkyl halides is 2. The molecule has 0 saturated heterocycles. The Morgan fingerprint density at radius 2 is 1.81 bits per heavy atom. The molecule has 32 heavy (non-hydrogen) atoms. The maximum atomic E-state index is 14.2. The van der Waals surface area contributed by atoms with Crippen molar-refractivity contribution in [3.8, 4) is 22.5 Å². The third-order valence-electron chi connectivity index (χ3n) is 5.19. The molecule has 2 aromatic heterocycles. The molecule has 0 aliphatic rings. The summed E-state index contributed by atoms with van der Waals surface area (Å²) < 4.78 is 29.9. The summed E-state index contributed by atoms with van der Waals surface area (Å²) in [5, 5.41) is 18.2. The van der Waals surface area contributed by atoms with Crippen LogP contribution in [0.1, 0.15) is 37.5 Å². The van der Waals surface area contributed by atoms with E-state index in [4.69, 9.17) is 0 Å². The fraction of sp³-hybridized carbons (Fsp3) is 0.261. The molecule has 2 heterocycles. The average Bonchev–Trinajstić information content (AvgIpc) is 3.49. The number of aromatic nitrogens is 7. The van der Waals surface area contributed by atoms with E-state index in [1.807, 2.05) is 67.6 Å². The summed E-state index contributed by atoms with van der Waals surface area (Å²) in [6, 6.07) is 15.8. The largest absolute Gasteiger partial charge is 0.308 e. The Kier molecular flexibility index (Phi) is 6.16. The molecule has 0 unspecified atom stereocenters. The van der Waals surface area contributed by atoms with Gasteiger partial charge in [-0.2, -0.15) is 8.78 Å². The van der Waals surface area contributed by atoms with Gasteiger partial charge in [0, 0.05) is 18.4 Å². The van der Waals surface area contributed by atoms with Crippen LogP contribution in [0.25, 0.3) is 22.5 Å². The van der Waals surface area contributed by atoms with E-state index < -0.39 is 11.7 Å². The van der Waals surface area contributed by atoms with Gasteiger partial charge in [-0.05, 0) is 34.0 Å². The molecule has 164 valence electrons. The molecular formula is C23H23F2N7. The van der Waals surface area contributed by atoms with Crippen molar-refractivity contribution >= 4 is 0 Å². The predicted molar refractivity (Wildman–Crippen MR) is 117 cm³/mol. The molecule has 0 amide bonds. The smallest absolute Gasteiger partial charge is 0.245 e. The third kappa shape index (κ3) is 4.46. The summed E-state index contributed by atoms with van der Waals surface area (Å²) in [4.78, 5) is 4.17. The topological polar surface area (TPSA) is 85.2 Å². The number of nitrogens with zero attached hydrogens (tertiary/aromatic N) is 6. The summed E-state index contributed by atoms with van der Waals surface area (Å²) in [6.07, 6.45) is 3.79. The molecule has 0 fully saturated rings. The lowest BCUT2D eigenvalue weighted by Gasteiger charge is -2.08. The van der Waals surface area contributed by atoms with Gasteiger partial charge in [-0.15, -0.1) is 10.2 Å². The van der Waals surface area contributed by atoms with Gasteiger partial charge in [-0.1, -0.05) is 67.6 Å². The van der Waals surface area contributed by atoms with Crippen molar-refractivity contribution in [2.24, 2.45) is 0 Å². The van der Waals surface area contributed by atoms with Gasteiger partial charge >= 0.3 is 5.92 Å². The van der Waals surface area contributed by atoms with Crippen LogP contribution in [0.5, 0.6) is 0 Å². The lowest BCUT2D eigenvalue weighted by Crippen LogP contribution is -2.14. The second-order valence-corrected chi connectivity index (χ2v) is 7.33. The van der Waals surface area contributed by atoms with E-state index in [-0.39, 0.29) is 6.42 Å². The lowest BCUT2D eigenvalue weighted by molar-refractivity contribution is -0.0177. The number of hydrogen-bond acceptors (Lipinski definition) is 5. The molecule has 2 aromatic carbocycles. The van der Waals surface area contributed by atoms with E-state index in [0.29, 0.717) is 24.6 Å². The molecule has 0 aliphatic heterocycles. The molecule has 4 rings (SSSR count). The van der Waals surface area contributed by atoms with E-state index in [1.54, 1.807) is 4.68 Å². The van der Waals surface area contributed by atoms with Gasteiger partial charge in [0.2, 0.25) is 5.82 Å². The van der Waals surface area contributed by atoms with Crippen LogP contribution in [0.15, 0.2) is 60.7 Å². The van der Waals surface area contributed by atoms with Crippen LogP contribution in [0.2, 0.25) is 0 Å². The Morgan fingerprint density at radius 3 is 2.47 bits per heavy atom. The molecule has 0 saturated carbocycles. The van der Waals surface area contributed by atoms with Gasteiger partial charge in [0.1, 0.15) is 5.82 Å². The van der Waals surface area contributed by atoms with Crippen molar-refractivity contribution in [3.63, 3.8) is 0 Å². The molecule has 0 aliphatic carbocycles. The van der Waals surface area contributed by atoms with Crippen molar-refractivity contribution in [2.45, 2.75) is 39.2 Å². The number of rotatable bonds is 8. The fourth-order valence-electron chi connectivity index (χ4n) is 3.37. The Balaban J connectivity index is 1.62. The Bertz CT molecular complexity index is 1200. The summed E-state index contributed by atoms with van der Waals surface area (Å²) in [7, 11) is 0. The van der Waals surface area contributed by atoms with Crippen molar-refractivity contribution < 1.29 is 8.78 Å². The maximum Gasteiger partial charge on any atom is 0.308 e. The SMILES string of the molecule is CC=CCn1nc(C(F)(F)CC)nc1Cc1ccc(-c2ccccc2-c2nnn[nH]2)cc1. The number of tetrazole rings is 1. The molecule has 0 radical (unpaired) electrons. The first-order valence-electron chi connectivity index (χ1n) is 10.4. The molecule has 1 N–H and O–H groups in total. The molecule has 0 atom stereocenters. The highest BCUT2D eigenvalue weighted by atomic mass is 19.3. The maximum absolute atomic E-state index is 14.2. The van der Waals surface area contributed by atoms with Gasteiger partial charge < -0.3 is 0 Å². The van der Waals surface area contributed by atoms with Crippen molar-refractivity contribution in [1.82, 2.24) is 35.4 Å². The fourth-order valence-corrected chi connectivity index (χ4v) is 3.37. The molecule has 7 nitrogen and oxygen atoms in total. The second-order valence-electron chi connectivity index (χ2n) is 7.33. The van der Waals surface area contributed by atoms with Gasteiger partial charge in [-0.3, -0.25) is 0 Å². The number of allylic oxidation sites excluding steroid dienone is 2. The molecule has 4 aromatic rings. The first-order chi connectivity index (χ1) is 15.5. The highest BCUT2D eigenvalue weighted by Crippen LogP contribution is 2.31. The van der Waals surface area contributed by atoms with E-state index in [2.05, 4.69) is 30.7 Å².